The van der Waals surface area contributed by atoms with Crippen LogP contribution in [-0.4, -0.2) is 27.8 Å². The van der Waals surface area contributed by atoms with E-state index in [0.29, 0.717) is 38.6 Å². The maximum atomic E-state index is 12.9. The zero-order chi connectivity index (χ0) is 26.6. The van der Waals surface area contributed by atoms with Crippen LogP contribution in [0.2, 0.25) is 5.02 Å². The van der Waals surface area contributed by atoms with Gasteiger partial charge in [0.05, 0.1) is 24.9 Å². The number of aromatic nitrogens is 3. The minimum Gasteiger partial charge on any atom is -0.497 e. The number of methoxy groups -OCH3 is 1. The molecule has 0 bridgehead atoms. The summed E-state index contributed by atoms with van der Waals surface area (Å²) in [5, 5.41) is 12.5. The summed E-state index contributed by atoms with van der Waals surface area (Å²) in [6, 6.07) is 17.1. The van der Waals surface area contributed by atoms with Crippen molar-refractivity contribution in [3.05, 3.63) is 99.8 Å². The third-order valence-corrected chi connectivity index (χ3v) is 7.00. The lowest BCUT2D eigenvalue weighted by Gasteiger charge is -2.14. The highest BCUT2D eigenvalue weighted by Gasteiger charge is 2.30. The molecule has 0 radical (unpaired) electrons. The molecular weight excluding hydrogens is 525 g/mol. The lowest BCUT2D eigenvalue weighted by atomic mass is 10.1. The SMILES string of the molecule is COc1ccc(C(=O)NCc2nnc(SCc3ccc(C(F)(F)F)cc3)n2-c2cccc(Cl)c2C)cc1. The number of nitrogens with one attached hydrogen (secondary N) is 1. The molecule has 3 aromatic carbocycles. The summed E-state index contributed by atoms with van der Waals surface area (Å²) in [4.78, 5) is 12.7. The third-order valence-electron chi connectivity index (χ3n) is 5.59. The van der Waals surface area contributed by atoms with Gasteiger partial charge in [0, 0.05) is 16.3 Å². The van der Waals surface area contributed by atoms with Crippen molar-refractivity contribution < 1.29 is 22.7 Å². The van der Waals surface area contributed by atoms with Crippen molar-refractivity contribution in [2.45, 2.75) is 30.6 Å². The second kappa shape index (κ2) is 11.3. The largest absolute Gasteiger partial charge is 0.497 e. The number of ether oxygens (including phenoxy) is 1. The molecule has 37 heavy (non-hydrogen) atoms. The van der Waals surface area contributed by atoms with Crippen molar-refractivity contribution in [1.82, 2.24) is 20.1 Å². The fourth-order valence-electron chi connectivity index (χ4n) is 3.53. The van der Waals surface area contributed by atoms with Crippen LogP contribution in [0.4, 0.5) is 13.2 Å². The van der Waals surface area contributed by atoms with Crippen LogP contribution in [0.5, 0.6) is 5.75 Å². The normalized spacial score (nSPS) is 11.4. The van der Waals surface area contributed by atoms with Crippen LogP contribution in [0, 0.1) is 6.92 Å². The fraction of sp³-hybridized carbons (Fsp3) is 0.192. The average Bonchev–Trinajstić information content (AvgIpc) is 3.30. The van der Waals surface area contributed by atoms with E-state index in [2.05, 4.69) is 15.5 Å². The highest BCUT2D eigenvalue weighted by molar-refractivity contribution is 7.98. The third kappa shape index (κ3) is 6.26. The molecule has 0 atom stereocenters. The van der Waals surface area contributed by atoms with E-state index >= 15 is 0 Å². The van der Waals surface area contributed by atoms with E-state index in [1.54, 1.807) is 48.1 Å². The summed E-state index contributed by atoms with van der Waals surface area (Å²) in [7, 11) is 1.55. The van der Waals surface area contributed by atoms with Crippen LogP contribution in [0.3, 0.4) is 0 Å². The van der Waals surface area contributed by atoms with E-state index in [-0.39, 0.29) is 12.5 Å². The topological polar surface area (TPSA) is 69.0 Å². The van der Waals surface area contributed by atoms with Gasteiger partial charge in [0.15, 0.2) is 11.0 Å². The van der Waals surface area contributed by atoms with Crippen LogP contribution in [-0.2, 0) is 18.5 Å². The van der Waals surface area contributed by atoms with E-state index in [1.807, 2.05) is 13.0 Å². The summed E-state index contributed by atoms with van der Waals surface area (Å²) in [6.45, 7) is 1.95. The molecule has 1 N–H and O–H groups in total. The zero-order valence-corrected chi connectivity index (χ0v) is 21.4. The van der Waals surface area contributed by atoms with Crippen molar-refractivity contribution in [3.8, 4) is 11.4 Å². The fourth-order valence-corrected chi connectivity index (χ4v) is 4.62. The van der Waals surface area contributed by atoms with E-state index < -0.39 is 11.7 Å². The number of hydrogen-bond donors (Lipinski definition) is 1. The Morgan fingerprint density at radius 3 is 2.41 bits per heavy atom. The maximum absolute atomic E-state index is 12.9. The van der Waals surface area contributed by atoms with Crippen LogP contribution >= 0.6 is 23.4 Å². The van der Waals surface area contributed by atoms with Crippen molar-refractivity contribution >= 4 is 29.3 Å². The van der Waals surface area contributed by atoms with Crippen molar-refractivity contribution in [2.75, 3.05) is 7.11 Å². The minimum atomic E-state index is -4.39. The number of amides is 1. The molecule has 192 valence electrons. The number of nitrogens with zero attached hydrogens (tertiary/aromatic N) is 3. The number of rotatable bonds is 8. The molecule has 0 aliphatic heterocycles. The lowest BCUT2D eigenvalue weighted by Crippen LogP contribution is -2.24. The highest BCUT2D eigenvalue weighted by Crippen LogP contribution is 2.32. The monoisotopic (exact) mass is 546 g/mol. The molecule has 1 heterocycles. The number of thioether (sulfide) groups is 1. The summed E-state index contributed by atoms with van der Waals surface area (Å²) in [5.41, 5.74) is 1.99. The van der Waals surface area contributed by atoms with E-state index in [9.17, 15) is 18.0 Å². The smallest absolute Gasteiger partial charge is 0.416 e. The van der Waals surface area contributed by atoms with Crippen molar-refractivity contribution in [3.63, 3.8) is 0 Å². The molecule has 0 saturated carbocycles. The summed E-state index contributed by atoms with van der Waals surface area (Å²) < 4.78 is 45.6. The molecule has 0 saturated heterocycles. The molecule has 1 aromatic heterocycles. The van der Waals surface area contributed by atoms with Gasteiger partial charge in [0.2, 0.25) is 0 Å². The van der Waals surface area contributed by atoms with Gasteiger partial charge in [-0.15, -0.1) is 10.2 Å². The van der Waals surface area contributed by atoms with Gasteiger partial charge in [-0.2, -0.15) is 13.2 Å². The Labute approximate surface area is 220 Å². The van der Waals surface area contributed by atoms with Gasteiger partial charge in [0.1, 0.15) is 5.75 Å². The van der Waals surface area contributed by atoms with E-state index in [0.717, 1.165) is 23.4 Å². The van der Waals surface area contributed by atoms with Crippen LogP contribution in [0.1, 0.15) is 32.9 Å². The van der Waals surface area contributed by atoms with Crippen molar-refractivity contribution in [1.29, 1.82) is 0 Å². The predicted octanol–water partition coefficient (Wildman–Crippen LogP) is 6.48. The molecule has 0 aliphatic rings. The van der Waals surface area contributed by atoms with Crippen LogP contribution in [0.15, 0.2) is 71.9 Å². The summed E-state index contributed by atoms with van der Waals surface area (Å²) in [5.74, 6) is 1.19. The first kappa shape index (κ1) is 26.6. The lowest BCUT2D eigenvalue weighted by molar-refractivity contribution is -0.137. The van der Waals surface area contributed by atoms with Crippen LogP contribution < -0.4 is 10.1 Å². The number of alkyl halides is 3. The average molecular weight is 547 g/mol. The van der Waals surface area contributed by atoms with Crippen molar-refractivity contribution in [2.24, 2.45) is 0 Å². The molecule has 6 nitrogen and oxygen atoms in total. The Morgan fingerprint density at radius 1 is 1.05 bits per heavy atom. The number of benzene rings is 3. The second-order valence-electron chi connectivity index (χ2n) is 8.01. The molecule has 1 amide bonds. The molecule has 11 heteroatoms. The Kier molecular flexibility index (Phi) is 8.09. The zero-order valence-electron chi connectivity index (χ0n) is 19.8. The van der Waals surface area contributed by atoms with E-state index in [1.165, 1.54) is 23.9 Å². The van der Waals surface area contributed by atoms with Gasteiger partial charge in [-0.3, -0.25) is 9.36 Å². The Morgan fingerprint density at radius 2 is 1.76 bits per heavy atom. The Hall–Kier alpha value is -3.50. The van der Waals surface area contributed by atoms with Gasteiger partial charge in [-0.05, 0) is 66.6 Å². The molecule has 0 spiro atoms. The molecule has 0 unspecified atom stereocenters. The second-order valence-corrected chi connectivity index (χ2v) is 9.36. The van der Waals surface area contributed by atoms with Gasteiger partial charge < -0.3 is 10.1 Å². The number of carbonyl (C=O) groups excluding carboxylic acids is 1. The number of carbonyl (C=O) groups is 1. The Balaban J connectivity index is 1.57. The molecule has 0 fully saturated rings. The first-order valence-corrected chi connectivity index (χ1v) is 12.4. The standard InChI is InChI=1S/C26H22ClF3N4O2S/c1-16-21(27)4-3-5-22(16)34-23(14-31-24(35)18-8-12-20(36-2)13-9-18)32-33-25(34)37-15-17-6-10-19(11-7-17)26(28,29)30/h3-13H,14-15H2,1-2H3,(H,31,35). The van der Waals surface area contributed by atoms with Gasteiger partial charge in [0.25, 0.3) is 5.91 Å². The Bertz CT molecular complexity index is 1390. The summed E-state index contributed by atoms with van der Waals surface area (Å²) >= 11 is 7.68. The number of hydrogen-bond acceptors (Lipinski definition) is 5. The quantitative estimate of drug-likeness (QED) is 0.256. The first-order valence-electron chi connectivity index (χ1n) is 11.1. The van der Waals surface area contributed by atoms with Gasteiger partial charge >= 0.3 is 6.18 Å². The van der Waals surface area contributed by atoms with Gasteiger partial charge in [-0.1, -0.05) is 41.6 Å². The van der Waals surface area contributed by atoms with Gasteiger partial charge in [-0.25, -0.2) is 0 Å². The molecule has 0 aliphatic carbocycles. The maximum Gasteiger partial charge on any atom is 0.416 e. The van der Waals surface area contributed by atoms with E-state index in [4.69, 9.17) is 16.3 Å². The highest BCUT2D eigenvalue weighted by atomic mass is 35.5. The minimum absolute atomic E-state index is 0.0880. The first-order chi connectivity index (χ1) is 17.7. The van der Waals surface area contributed by atoms with Crippen LogP contribution in [0.25, 0.3) is 5.69 Å². The molecule has 4 aromatic rings. The molecular formula is C26H22ClF3N4O2S. The summed E-state index contributed by atoms with van der Waals surface area (Å²) in [6.07, 6.45) is -4.39. The predicted molar refractivity (Wildman–Crippen MR) is 136 cm³/mol. The molecule has 4 rings (SSSR count). The number of halogens is 4.